The predicted octanol–water partition coefficient (Wildman–Crippen LogP) is 4.74. The molecule has 1 aromatic heterocycles. The van der Waals surface area contributed by atoms with Crippen molar-refractivity contribution in [2.75, 3.05) is 10.6 Å². The van der Waals surface area contributed by atoms with Crippen LogP contribution < -0.4 is 10.6 Å². The molecule has 1 heterocycles. The maximum atomic E-state index is 13.7. The topological polar surface area (TPSA) is 66.9 Å². The number of benzene rings is 2. The van der Waals surface area contributed by atoms with Crippen LogP contribution in [0.2, 0.25) is 0 Å². The third-order valence-corrected chi connectivity index (χ3v) is 3.84. The van der Waals surface area contributed by atoms with E-state index in [0.717, 1.165) is 0 Å². The summed E-state index contributed by atoms with van der Waals surface area (Å²) < 4.78 is 13.7. The van der Waals surface area contributed by atoms with Gasteiger partial charge in [0.25, 0.3) is 5.91 Å². The van der Waals surface area contributed by atoms with Crippen molar-refractivity contribution in [2.24, 2.45) is 0 Å². The van der Waals surface area contributed by atoms with Gasteiger partial charge in [-0.05, 0) is 41.8 Å². The minimum Gasteiger partial charge on any atom is -0.322 e. The summed E-state index contributed by atoms with van der Waals surface area (Å²) in [6, 6.07) is 15.4. The van der Waals surface area contributed by atoms with Gasteiger partial charge in [0.05, 0.1) is 5.69 Å². The van der Waals surface area contributed by atoms with Crippen LogP contribution in [0.1, 0.15) is 35.8 Å². The first-order valence-electron chi connectivity index (χ1n) is 8.29. The number of amides is 1. The molecule has 0 saturated heterocycles. The Kier molecular flexibility index (Phi) is 5.22. The number of carbonyl (C=O) groups excluding carboxylic acids is 1. The van der Waals surface area contributed by atoms with Crippen LogP contribution in [0.3, 0.4) is 0 Å². The normalized spacial score (nSPS) is 10.6. The second-order valence-electron chi connectivity index (χ2n) is 6.10. The molecule has 0 spiro atoms. The Balaban J connectivity index is 1.73. The zero-order valence-electron chi connectivity index (χ0n) is 14.5. The lowest BCUT2D eigenvalue weighted by molar-refractivity contribution is 0.102. The number of hydrogen-bond donors (Lipinski definition) is 2. The lowest BCUT2D eigenvalue weighted by Gasteiger charge is -2.09. The highest BCUT2D eigenvalue weighted by molar-refractivity contribution is 6.03. The van der Waals surface area contributed by atoms with E-state index >= 15 is 0 Å². The summed E-state index contributed by atoms with van der Waals surface area (Å²) >= 11 is 0. The van der Waals surface area contributed by atoms with E-state index in [9.17, 15) is 9.18 Å². The number of para-hydroxylation sites is 1. The van der Waals surface area contributed by atoms with Gasteiger partial charge in [-0.25, -0.2) is 14.4 Å². The summed E-state index contributed by atoms with van der Waals surface area (Å²) in [4.78, 5) is 20.6. The molecule has 26 heavy (non-hydrogen) atoms. The Morgan fingerprint density at radius 1 is 1.04 bits per heavy atom. The Bertz CT molecular complexity index is 910. The van der Waals surface area contributed by atoms with Crippen molar-refractivity contribution in [2.45, 2.75) is 19.8 Å². The highest BCUT2D eigenvalue weighted by atomic mass is 19.1. The van der Waals surface area contributed by atoms with Gasteiger partial charge in [-0.1, -0.05) is 38.1 Å². The first-order chi connectivity index (χ1) is 12.5. The standard InChI is InChI=1S/C20H19FN4O/c1-13(2)14-7-9-15(10-8-14)23-19(26)18-11-12-22-20(25-18)24-17-6-4-3-5-16(17)21/h3-13H,1-2H3,(H,23,26)(H,22,24,25). The molecule has 0 fully saturated rings. The molecule has 0 bridgehead atoms. The molecule has 0 aliphatic heterocycles. The van der Waals surface area contributed by atoms with Crippen molar-refractivity contribution in [1.29, 1.82) is 0 Å². The average molecular weight is 350 g/mol. The molecule has 0 atom stereocenters. The molecule has 0 unspecified atom stereocenters. The molecule has 5 nitrogen and oxygen atoms in total. The second-order valence-corrected chi connectivity index (χ2v) is 6.10. The van der Waals surface area contributed by atoms with E-state index < -0.39 is 5.82 Å². The second kappa shape index (κ2) is 7.74. The van der Waals surface area contributed by atoms with Gasteiger partial charge in [0.15, 0.2) is 0 Å². The number of halogens is 1. The number of rotatable bonds is 5. The number of hydrogen-bond acceptors (Lipinski definition) is 4. The summed E-state index contributed by atoms with van der Waals surface area (Å²) in [5, 5.41) is 5.57. The van der Waals surface area contributed by atoms with Crippen LogP contribution in [0.15, 0.2) is 60.8 Å². The van der Waals surface area contributed by atoms with E-state index in [1.807, 2.05) is 24.3 Å². The van der Waals surface area contributed by atoms with E-state index in [4.69, 9.17) is 0 Å². The van der Waals surface area contributed by atoms with Crippen LogP contribution in [0.5, 0.6) is 0 Å². The number of anilines is 3. The summed E-state index contributed by atoms with van der Waals surface area (Å²) in [5.74, 6) is -0.205. The first-order valence-corrected chi connectivity index (χ1v) is 8.29. The minimum absolute atomic E-state index is 0.151. The molecule has 132 valence electrons. The van der Waals surface area contributed by atoms with Gasteiger partial charge < -0.3 is 10.6 Å². The molecule has 1 amide bonds. The molecule has 6 heteroatoms. The molecule has 2 aromatic carbocycles. The molecule has 0 radical (unpaired) electrons. The van der Waals surface area contributed by atoms with Crippen molar-refractivity contribution < 1.29 is 9.18 Å². The Morgan fingerprint density at radius 3 is 2.46 bits per heavy atom. The van der Waals surface area contributed by atoms with Gasteiger partial charge in [-0.2, -0.15) is 0 Å². The SMILES string of the molecule is CC(C)c1ccc(NC(=O)c2ccnc(Nc3ccccc3F)n2)cc1. The highest BCUT2D eigenvalue weighted by Gasteiger charge is 2.11. The zero-order chi connectivity index (χ0) is 18.5. The fraction of sp³-hybridized carbons (Fsp3) is 0.150. The van der Waals surface area contributed by atoms with Crippen LogP contribution in [0, 0.1) is 5.82 Å². The quantitative estimate of drug-likeness (QED) is 0.698. The lowest BCUT2D eigenvalue weighted by Crippen LogP contribution is -2.15. The first kappa shape index (κ1) is 17.5. The van der Waals surface area contributed by atoms with Crippen LogP contribution in [-0.2, 0) is 0 Å². The summed E-state index contributed by atoms with van der Waals surface area (Å²) in [6.07, 6.45) is 1.45. The largest absolute Gasteiger partial charge is 0.322 e. The smallest absolute Gasteiger partial charge is 0.274 e. The number of aromatic nitrogens is 2. The fourth-order valence-electron chi connectivity index (χ4n) is 2.37. The number of carbonyl (C=O) groups is 1. The van der Waals surface area contributed by atoms with Gasteiger partial charge >= 0.3 is 0 Å². The minimum atomic E-state index is -0.420. The van der Waals surface area contributed by atoms with E-state index in [1.54, 1.807) is 18.2 Å². The van der Waals surface area contributed by atoms with Crippen molar-refractivity contribution >= 4 is 23.2 Å². The molecule has 0 aliphatic carbocycles. The van der Waals surface area contributed by atoms with Crippen LogP contribution >= 0.6 is 0 Å². The highest BCUT2D eigenvalue weighted by Crippen LogP contribution is 2.19. The molecule has 3 rings (SSSR count). The van der Waals surface area contributed by atoms with Crippen LogP contribution in [0.4, 0.5) is 21.7 Å². The maximum absolute atomic E-state index is 13.7. The summed E-state index contributed by atoms with van der Waals surface area (Å²) in [6.45, 7) is 4.22. The number of nitrogens with zero attached hydrogens (tertiary/aromatic N) is 2. The molecule has 0 saturated carbocycles. The average Bonchev–Trinajstić information content (AvgIpc) is 2.64. The maximum Gasteiger partial charge on any atom is 0.274 e. The molecular formula is C20H19FN4O. The molecule has 0 aliphatic rings. The van der Waals surface area contributed by atoms with Crippen molar-refractivity contribution in [1.82, 2.24) is 9.97 Å². The van der Waals surface area contributed by atoms with Gasteiger partial charge in [0.2, 0.25) is 5.95 Å². The van der Waals surface area contributed by atoms with E-state index in [2.05, 4.69) is 34.4 Å². The molecule has 2 N–H and O–H groups in total. The van der Waals surface area contributed by atoms with Crippen LogP contribution in [-0.4, -0.2) is 15.9 Å². The van der Waals surface area contributed by atoms with Gasteiger partial charge in [0.1, 0.15) is 11.5 Å². The summed E-state index contributed by atoms with van der Waals surface area (Å²) in [5.41, 5.74) is 2.31. The van der Waals surface area contributed by atoms with E-state index in [1.165, 1.54) is 23.9 Å². The molecular weight excluding hydrogens is 331 g/mol. The van der Waals surface area contributed by atoms with E-state index in [0.29, 0.717) is 11.6 Å². The van der Waals surface area contributed by atoms with E-state index in [-0.39, 0.29) is 23.2 Å². The predicted molar refractivity (Wildman–Crippen MR) is 100 cm³/mol. The number of nitrogens with one attached hydrogen (secondary N) is 2. The summed E-state index contributed by atoms with van der Waals surface area (Å²) in [7, 11) is 0. The Morgan fingerprint density at radius 2 is 1.77 bits per heavy atom. The van der Waals surface area contributed by atoms with Crippen molar-refractivity contribution in [3.8, 4) is 0 Å². The lowest BCUT2D eigenvalue weighted by atomic mass is 10.0. The van der Waals surface area contributed by atoms with Crippen molar-refractivity contribution in [3.63, 3.8) is 0 Å². The van der Waals surface area contributed by atoms with Gasteiger partial charge in [-0.3, -0.25) is 4.79 Å². The monoisotopic (exact) mass is 350 g/mol. The zero-order valence-corrected chi connectivity index (χ0v) is 14.5. The van der Waals surface area contributed by atoms with Gasteiger partial charge in [-0.15, -0.1) is 0 Å². The Labute approximate surface area is 151 Å². The van der Waals surface area contributed by atoms with Crippen molar-refractivity contribution in [3.05, 3.63) is 77.9 Å². The van der Waals surface area contributed by atoms with Crippen LogP contribution in [0.25, 0.3) is 0 Å². The fourth-order valence-corrected chi connectivity index (χ4v) is 2.37. The Hall–Kier alpha value is -3.28. The van der Waals surface area contributed by atoms with Gasteiger partial charge in [0, 0.05) is 11.9 Å². The third kappa shape index (κ3) is 4.22. The molecule has 3 aromatic rings. The third-order valence-electron chi connectivity index (χ3n) is 3.84.